The number of carbonyl (C=O) groups is 4. The zero-order valence-electron chi connectivity index (χ0n) is 75.2. The SMILES string of the molecule is CC(=O)N[C@@H]1CCN(c2cc(C)nn3c(-c4ccc(C)cc4)c(C)nc23)C1.CC(=O)N[C@@H]1CCN(c2cc(C)nn3c(-c4cccc(C5CCCCC5)c4)c(C)nc23)C1.CCSc1cc(N2CC[C@@H](NC(C)=O)C2)c2nc(C)c(-c3ccc(OC)c(OC)c3)n2n1.COc1ccc(-c2c(C)nc3c(N4CC[C@@H](NC(C)=O)C4)cc(-c4ccccc4)nn23)cc1OC. The zero-order chi connectivity index (χ0) is 88.7. The summed E-state index contributed by atoms with van der Waals surface area (Å²) < 4.78 is 29.8. The van der Waals surface area contributed by atoms with Gasteiger partial charge in [0, 0.05) is 132 Å². The van der Waals surface area contributed by atoms with Gasteiger partial charge in [-0.25, -0.2) is 38.0 Å². The number of benzene rings is 5. The quantitative estimate of drug-likeness (QED) is 0.0516. The van der Waals surface area contributed by atoms with E-state index in [2.05, 4.69) is 147 Å². The Morgan fingerprint density at radius 1 is 0.373 bits per heavy atom. The van der Waals surface area contributed by atoms with Crippen molar-refractivity contribution in [3.8, 4) is 79.3 Å². The molecule has 5 aromatic carbocycles. The van der Waals surface area contributed by atoms with Gasteiger partial charge in [-0.2, -0.15) is 20.4 Å². The lowest BCUT2D eigenvalue weighted by molar-refractivity contribution is -0.120. The summed E-state index contributed by atoms with van der Waals surface area (Å²) >= 11 is 1.70. The molecule has 13 aromatic rings. The molecule has 126 heavy (non-hydrogen) atoms. The van der Waals surface area contributed by atoms with Gasteiger partial charge in [0.05, 0.1) is 114 Å². The van der Waals surface area contributed by atoms with E-state index in [0.717, 1.165) is 219 Å². The standard InChI is InChI=1S/C27H29N5O3.C26H33N5O.C23H29N5O3S.C21H25N5O/c1-17-26(20-10-11-24(34-3)25(14-20)35-4)32-27(28-17)23(31-13-12-21(16-31)29-18(2)33)15-22(30-32)19-8-6-5-7-9-19;1-17-14-24(30-13-12-23(16-30)28-19(3)32)26-27-18(2)25(31(26)29-17)22-11-7-10-21(15-22)20-8-5-4-6-9-20;1-6-32-21-12-18(27-10-9-17(13-27)25-15(3)29)23-24-14(2)22(28(23)26-21)16-7-8-19(30-4)20(11-16)31-5;1-13-5-7-17(8-6-13)20-15(3)22-21-19(11-14(2)24-26(20)21)25-10-9-18(12-25)23-16(4)27/h5-11,14-15,21H,12-13,16H2,1-4H3,(H,29,33);7,10-11,14-15,20,23H,4-6,8-9,12-13,16H2,1-3H3,(H,28,32);7-8,11-12,17H,6,9-10,13H2,1-5H3,(H,25,29);5-8,11,18H,9-10,12H2,1-4H3,(H,23,27)/t21-;23-;17-;18-/m1111/s1. The number of methoxy groups -OCH3 is 4. The molecular weight excluding hydrogens is 1610 g/mol. The summed E-state index contributed by atoms with van der Waals surface area (Å²) in [5.41, 5.74) is 26.0. The van der Waals surface area contributed by atoms with E-state index in [1.54, 1.807) is 67.9 Å². The number of thioether (sulfide) groups is 1. The van der Waals surface area contributed by atoms with Crippen LogP contribution in [0.3, 0.4) is 0 Å². The third-order valence-corrected chi connectivity index (χ3v) is 24.9. The summed E-state index contributed by atoms with van der Waals surface area (Å²) in [6.45, 7) is 29.2. The molecule has 29 heteroatoms. The van der Waals surface area contributed by atoms with Crippen LogP contribution in [-0.2, 0) is 19.2 Å². The van der Waals surface area contributed by atoms with Gasteiger partial charge in [-0.1, -0.05) is 105 Å². The van der Waals surface area contributed by atoms with E-state index < -0.39 is 0 Å². The number of hydrogen-bond donors (Lipinski definition) is 4. The van der Waals surface area contributed by atoms with Crippen LogP contribution in [-0.4, -0.2) is 193 Å². The lowest BCUT2D eigenvalue weighted by atomic mass is 9.83. The van der Waals surface area contributed by atoms with E-state index in [1.807, 2.05) is 107 Å². The molecule has 4 N–H and O–H groups in total. The van der Waals surface area contributed by atoms with E-state index in [4.69, 9.17) is 59.3 Å². The number of fused-ring (bicyclic) bond motifs is 4. The number of anilines is 4. The summed E-state index contributed by atoms with van der Waals surface area (Å²) in [5.74, 6) is 4.31. The first-order valence-electron chi connectivity index (χ1n) is 43.8. The fraction of sp³-hybridized carbons (Fsp3) is 0.402. The minimum absolute atomic E-state index is 0.00547. The number of amides is 4. The highest BCUT2D eigenvalue weighted by Gasteiger charge is 2.34. The smallest absolute Gasteiger partial charge is 0.217 e. The van der Waals surface area contributed by atoms with Crippen molar-refractivity contribution in [3.63, 3.8) is 0 Å². The average Bonchev–Trinajstić information content (AvgIpc) is 1.60. The van der Waals surface area contributed by atoms with Gasteiger partial charge in [0.15, 0.2) is 45.6 Å². The second kappa shape index (κ2) is 38.8. The predicted molar refractivity (Wildman–Crippen MR) is 498 cm³/mol. The number of nitrogens with zero attached hydrogens (tertiary/aromatic N) is 16. The van der Waals surface area contributed by atoms with Crippen LogP contribution >= 0.6 is 11.8 Å². The van der Waals surface area contributed by atoms with Gasteiger partial charge < -0.3 is 59.8 Å². The van der Waals surface area contributed by atoms with Crippen molar-refractivity contribution >= 4 is 80.7 Å². The van der Waals surface area contributed by atoms with Crippen molar-refractivity contribution in [3.05, 3.63) is 185 Å². The zero-order valence-corrected chi connectivity index (χ0v) is 76.0. The van der Waals surface area contributed by atoms with Gasteiger partial charge in [0.2, 0.25) is 23.6 Å². The molecule has 0 unspecified atom stereocenters. The second-order valence-electron chi connectivity index (χ2n) is 33.5. The lowest BCUT2D eigenvalue weighted by Crippen LogP contribution is -2.35. The van der Waals surface area contributed by atoms with Crippen LogP contribution in [0.5, 0.6) is 23.0 Å². The molecule has 1 aliphatic carbocycles. The number of hydrogen-bond acceptors (Lipinski definition) is 21. The number of aromatic nitrogens is 12. The molecule has 0 radical (unpaired) electrons. The topological polar surface area (TPSA) is 287 Å². The summed E-state index contributed by atoms with van der Waals surface area (Å²) in [4.78, 5) is 74.9. The van der Waals surface area contributed by atoms with Crippen molar-refractivity contribution in [2.24, 2.45) is 0 Å². The molecule has 18 rings (SSSR count). The maximum absolute atomic E-state index is 11.6. The highest BCUT2D eigenvalue weighted by Crippen LogP contribution is 2.43. The molecule has 5 fully saturated rings. The van der Waals surface area contributed by atoms with Gasteiger partial charge in [-0.05, 0) is 171 Å². The first-order chi connectivity index (χ1) is 60.8. The van der Waals surface area contributed by atoms with Crippen LogP contribution in [0.25, 0.3) is 78.9 Å². The molecule has 4 aliphatic heterocycles. The Hall–Kier alpha value is -12.8. The molecule has 5 aliphatic rings. The van der Waals surface area contributed by atoms with Crippen molar-refractivity contribution in [2.45, 2.75) is 176 Å². The van der Waals surface area contributed by atoms with Crippen LogP contribution in [0.2, 0.25) is 0 Å². The maximum Gasteiger partial charge on any atom is 0.217 e. The van der Waals surface area contributed by atoms with E-state index >= 15 is 0 Å². The van der Waals surface area contributed by atoms with Gasteiger partial charge in [-0.3, -0.25) is 19.2 Å². The number of rotatable bonds is 20. The van der Waals surface area contributed by atoms with Crippen molar-refractivity contribution < 1.29 is 38.1 Å². The van der Waals surface area contributed by atoms with E-state index in [1.165, 1.54) is 48.8 Å². The Morgan fingerprint density at radius 3 is 1.14 bits per heavy atom. The van der Waals surface area contributed by atoms with E-state index in [-0.39, 0.29) is 47.8 Å². The van der Waals surface area contributed by atoms with Crippen LogP contribution in [0, 0.1) is 48.5 Å². The van der Waals surface area contributed by atoms with Crippen molar-refractivity contribution in [2.75, 3.05) is 106 Å². The number of imidazole rings is 4. The molecule has 1 saturated carbocycles. The number of aryl methyl sites for hydroxylation is 7. The Bertz CT molecular complexity index is 6160. The van der Waals surface area contributed by atoms with Crippen LogP contribution in [0.4, 0.5) is 22.7 Å². The minimum atomic E-state index is -0.00547. The normalized spacial score (nSPS) is 16.9. The number of ether oxygens (including phenoxy) is 4. The molecule has 4 atom stereocenters. The molecule has 4 amide bonds. The molecule has 658 valence electrons. The largest absolute Gasteiger partial charge is 0.493 e. The monoisotopic (exact) mass is 1720 g/mol. The van der Waals surface area contributed by atoms with Gasteiger partial charge in [0.25, 0.3) is 0 Å². The Labute approximate surface area is 740 Å². The highest BCUT2D eigenvalue weighted by atomic mass is 32.2. The summed E-state index contributed by atoms with van der Waals surface area (Å²) in [6, 6.07) is 48.4. The first kappa shape index (κ1) is 88.1. The molecule has 8 aromatic heterocycles. The van der Waals surface area contributed by atoms with Crippen LogP contribution in [0.1, 0.15) is 144 Å². The predicted octanol–water partition coefficient (Wildman–Crippen LogP) is 15.5. The fourth-order valence-corrected chi connectivity index (χ4v) is 19.1. The van der Waals surface area contributed by atoms with Crippen molar-refractivity contribution in [1.82, 2.24) is 79.7 Å². The van der Waals surface area contributed by atoms with E-state index in [9.17, 15) is 19.2 Å². The summed E-state index contributed by atoms with van der Waals surface area (Å²) in [6.07, 6.45) is 10.3. The molecule has 12 heterocycles. The number of nitrogens with one attached hydrogen (secondary N) is 4. The molecule has 28 nitrogen and oxygen atoms in total. The molecular formula is C97H116N20O8S. The van der Waals surface area contributed by atoms with Crippen molar-refractivity contribution in [1.29, 1.82) is 0 Å². The maximum atomic E-state index is 11.6. The molecule has 0 bridgehead atoms. The lowest BCUT2D eigenvalue weighted by Gasteiger charge is -2.22. The van der Waals surface area contributed by atoms with E-state index in [0.29, 0.717) is 28.9 Å². The number of carbonyl (C=O) groups excluding carboxylic acids is 4. The van der Waals surface area contributed by atoms with Crippen LogP contribution < -0.4 is 59.8 Å². The Kier molecular flexibility index (Phi) is 27.1. The average molecular weight is 1720 g/mol. The third kappa shape index (κ3) is 19.4. The fourth-order valence-electron chi connectivity index (χ4n) is 18.5. The van der Waals surface area contributed by atoms with Gasteiger partial charge in [0.1, 0.15) is 5.03 Å². The third-order valence-electron chi connectivity index (χ3n) is 24.2. The van der Waals surface area contributed by atoms with Gasteiger partial charge >= 0.3 is 0 Å². The summed E-state index contributed by atoms with van der Waals surface area (Å²) in [5, 5.41) is 32.7. The first-order valence-corrected chi connectivity index (χ1v) is 44.8. The minimum Gasteiger partial charge on any atom is -0.493 e. The summed E-state index contributed by atoms with van der Waals surface area (Å²) in [7, 11) is 6.52. The highest BCUT2D eigenvalue weighted by molar-refractivity contribution is 7.99. The Morgan fingerprint density at radius 2 is 0.738 bits per heavy atom. The molecule has 0 spiro atoms. The molecule has 4 saturated heterocycles. The Balaban J connectivity index is 0.000000130. The van der Waals surface area contributed by atoms with Gasteiger partial charge in [-0.15, -0.1) is 11.8 Å². The van der Waals surface area contributed by atoms with Crippen LogP contribution in [0.15, 0.2) is 145 Å². The second-order valence-corrected chi connectivity index (χ2v) is 34.8.